The quantitative estimate of drug-likeness (QED) is 0.794. The van der Waals surface area contributed by atoms with Crippen molar-refractivity contribution in [3.05, 3.63) is 57.5 Å². The Morgan fingerprint density at radius 1 is 1.32 bits per heavy atom. The van der Waals surface area contributed by atoms with Crippen molar-refractivity contribution in [2.45, 2.75) is 12.8 Å². The van der Waals surface area contributed by atoms with Crippen LogP contribution in [-0.4, -0.2) is 27.4 Å². The van der Waals surface area contributed by atoms with E-state index < -0.39 is 0 Å². The second-order valence-corrected chi connectivity index (χ2v) is 4.38. The average Bonchev–Trinajstić information content (AvgIpc) is 2.41. The Morgan fingerprint density at radius 2 is 2.21 bits per heavy atom. The van der Waals surface area contributed by atoms with Crippen molar-refractivity contribution in [3.8, 4) is 0 Å². The van der Waals surface area contributed by atoms with E-state index in [1.54, 1.807) is 12.4 Å². The van der Waals surface area contributed by atoms with Crippen LogP contribution in [0.25, 0.3) is 0 Å². The third-order valence-electron chi connectivity index (χ3n) is 3.03. The van der Waals surface area contributed by atoms with Gasteiger partial charge in [-0.15, -0.1) is 0 Å². The van der Waals surface area contributed by atoms with Crippen molar-refractivity contribution in [3.63, 3.8) is 0 Å². The molecule has 0 bridgehead atoms. The van der Waals surface area contributed by atoms with Crippen molar-refractivity contribution >= 4 is 5.91 Å². The minimum Gasteiger partial charge on any atom is -0.350 e. The fraction of sp³-hybridized carbons (Fsp3) is 0.231. The Bertz CT molecular complexity index is 679. The van der Waals surface area contributed by atoms with E-state index in [0.717, 1.165) is 5.56 Å². The van der Waals surface area contributed by atoms with Gasteiger partial charge in [0.05, 0.1) is 5.56 Å². The number of hydrogen-bond acceptors (Lipinski definition) is 4. The molecule has 1 aliphatic rings. The number of carbonyl (C=O) groups is 1. The molecule has 96 valence electrons. The fourth-order valence-corrected chi connectivity index (χ4v) is 2.13. The van der Waals surface area contributed by atoms with Gasteiger partial charge in [-0.3, -0.25) is 14.6 Å². The summed E-state index contributed by atoms with van der Waals surface area (Å²) in [6, 6.07) is 3.71. The van der Waals surface area contributed by atoms with Crippen LogP contribution in [0.15, 0.2) is 29.3 Å². The Balaban J connectivity index is 2.00. The van der Waals surface area contributed by atoms with Gasteiger partial charge in [-0.2, -0.15) is 0 Å². The van der Waals surface area contributed by atoms with Gasteiger partial charge >= 0.3 is 0 Å². The highest BCUT2D eigenvalue weighted by atomic mass is 16.2. The van der Waals surface area contributed by atoms with Crippen molar-refractivity contribution in [1.29, 1.82) is 0 Å². The molecule has 6 heteroatoms. The third kappa shape index (κ3) is 2.24. The van der Waals surface area contributed by atoms with E-state index in [0.29, 0.717) is 30.8 Å². The number of aromatic nitrogens is 3. The first-order chi connectivity index (χ1) is 9.24. The molecule has 0 saturated carbocycles. The smallest absolute Gasteiger partial charge is 0.270 e. The monoisotopic (exact) mass is 256 g/mol. The summed E-state index contributed by atoms with van der Waals surface area (Å²) in [4.78, 5) is 34.6. The van der Waals surface area contributed by atoms with Crippen LogP contribution in [0.4, 0.5) is 0 Å². The normalized spacial score (nSPS) is 13.8. The largest absolute Gasteiger partial charge is 0.350 e. The van der Waals surface area contributed by atoms with Crippen LogP contribution in [0.2, 0.25) is 0 Å². The first-order valence-corrected chi connectivity index (χ1v) is 6.03. The molecule has 0 aromatic carbocycles. The third-order valence-corrected chi connectivity index (χ3v) is 3.03. The van der Waals surface area contributed by atoms with Crippen molar-refractivity contribution in [2.75, 3.05) is 6.54 Å². The second-order valence-electron chi connectivity index (χ2n) is 4.38. The number of amides is 1. The molecule has 2 aromatic heterocycles. The minimum atomic E-state index is -0.278. The molecule has 2 N–H and O–H groups in total. The number of pyridine rings is 1. The molecule has 0 saturated heterocycles. The number of carbonyl (C=O) groups excluding carboxylic acids is 1. The summed E-state index contributed by atoms with van der Waals surface area (Å²) < 4.78 is 0. The molecule has 2 aromatic rings. The molecule has 1 aliphatic heterocycles. The molecule has 6 nitrogen and oxygen atoms in total. The molecular formula is C13H12N4O2. The number of H-pyrrole nitrogens is 1. The maximum atomic E-state index is 11.9. The van der Waals surface area contributed by atoms with Crippen molar-refractivity contribution in [1.82, 2.24) is 20.3 Å². The van der Waals surface area contributed by atoms with Crippen LogP contribution in [0, 0.1) is 0 Å². The molecule has 0 spiro atoms. The van der Waals surface area contributed by atoms with Gasteiger partial charge in [0.15, 0.2) is 0 Å². The minimum absolute atomic E-state index is 0.223. The fourth-order valence-electron chi connectivity index (χ4n) is 2.13. The molecule has 0 radical (unpaired) electrons. The van der Waals surface area contributed by atoms with Gasteiger partial charge in [0.1, 0.15) is 11.5 Å². The predicted molar refractivity (Wildman–Crippen MR) is 67.9 cm³/mol. The van der Waals surface area contributed by atoms with Crippen LogP contribution in [-0.2, 0) is 12.8 Å². The SMILES string of the molecule is O=C1NCCc2c1nc(Cc1cccnc1)[nH]c2=O. The van der Waals surface area contributed by atoms with E-state index in [2.05, 4.69) is 20.3 Å². The van der Waals surface area contributed by atoms with Crippen LogP contribution in [0.1, 0.15) is 27.4 Å². The molecule has 19 heavy (non-hydrogen) atoms. The highest BCUT2D eigenvalue weighted by molar-refractivity contribution is 5.94. The Labute approximate surface area is 108 Å². The van der Waals surface area contributed by atoms with Gasteiger partial charge in [-0.25, -0.2) is 4.98 Å². The Hall–Kier alpha value is -2.50. The summed E-state index contributed by atoms with van der Waals surface area (Å²) in [6.07, 6.45) is 4.36. The van der Waals surface area contributed by atoms with Crippen LogP contribution in [0.5, 0.6) is 0 Å². The molecule has 0 aliphatic carbocycles. The summed E-state index contributed by atoms with van der Waals surface area (Å²) in [5.41, 5.74) is 1.42. The van der Waals surface area contributed by atoms with E-state index in [4.69, 9.17) is 0 Å². The lowest BCUT2D eigenvalue weighted by molar-refractivity contribution is 0.0939. The van der Waals surface area contributed by atoms with Crippen molar-refractivity contribution in [2.24, 2.45) is 0 Å². The predicted octanol–water partition coefficient (Wildman–Crippen LogP) is 0.0416. The number of nitrogens with one attached hydrogen (secondary N) is 2. The van der Waals surface area contributed by atoms with Gasteiger partial charge in [0.25, 0.3) is 11.5 Å². The standard InChI is InChI=1S/C13H12N4O2/c18-12-9-3-5-15-13(19)11(9)16-10(17-12)6-8-2-1-4-14-7-8/h1-2,4,7H,3,5-6H2,(H,15,19)(H,16,17,18). The van der Waals surface area contributed by atoms with Crippen LogP contribution < -0.4 is 10.9 Å². The Morgan fingerprint density at radius 3 is 3.00 bits per heavy atom. The summed E-state index contributed by atoms with van der Waals surface area (Å²) >= 11 is 0. The molecule has 3 rings (SSSR count). The maximum absolute atomic E-state index is 11.9. The second kappa shape index (κ2) is 4.64. The zero-order valence-electron chi connectivity index (χ0n) is 10.1. The van der Waals surface area contributed by atoms with Crippen LogP contribution >= 0.6 is 0 Å². The van der Waals surface area contributed by atoms with Gasteiger partial charge in [-0.05, 0) is 18.1 Å². The number of fused-ring (bicyclic) bond motifs is 1. The molecule has 0 unspecified atom stereocenters. The lowest BCUT2D eigenvalue weighted by Crippen LogP contribution is -2.37. The van der Waals surface area contributed by atoms with Crippen LogP contribution in [0.3, 0.4) is 0 Å². The highest BCUT2D eigenvalue weighted by Crippen LogP contribution is 2.09. The zero-order valence-corrected chi connectivity index (χ0v) is 10.1. The van der Waals surface area contributed by atoms with Crippen molar-refractivity contribution < 1.29 is 4.79 Å². The summed E-state index contributed by atoms with van der Waals surface area (Å²) in [5, 5.41) is 2.69. The topological polar surface area (TPSA) is 87.7 Å². The summed E-state index contributed by atoms with van der Waals surface area (Å²) in [5.74, 6) is 0.202. The maximum Gasteiger partial charge on any atom is 0.270 e. The number of nitrogens with zero attached hydrogens (tertiary/aromatic N) is 2. The van der Waals surface area contributed by atoms with E-state index in [-0.39, 0.29) is 17.2 Å². The van der Waals surface area contributed by atoms with E-state index in [1.807, 2.05) is 12.1 Å². The first-order valence-electron chi connectivity index (χ1n) is 6.03. The van der Waals surface area contributed by atoms with E-state index in [1.165, 1.54) is 0 Å². The van der Waals surface area contributed by atoms with Gasteiger partial charge < -0.3 is 10.3 Å². The molecule has 0 atom stereocenters. The highest BCUT2D eigenvalue weighted by Gasteiger charge is 2.21. The molecule has 0 fully saturated rings. The molecular weight excluding hydrogens is 244 g/mol. The molecule has 1 amide bonds. The number of hydrogen-bond donors (Lipinski definition) is 2. The van der Waals surface area contributed by atoms with Gasteiger partial charge in [0.2, 0.25) is 0 Å². The Kier molecular flexibility index (Phi) is 2.83. The molecule has 3 heterocycles. The van der Waals surface area contributed by atoms with E-state index in [9.17, 15) is 9.59 Å². The lowest BCUT2D eigenvalue weighted by atomic mass is 10.1. The summed E-state index contributed by atoms with van der Waals surface area (Å²) in [7, 11) is 0. The zero-order chi connectivity index (χ0) is 13.2. The first kappa shape index (κ1) is 11.6. The lowest BCUT2D eigenvalue weighted by Gasteiger charge is -2.15. The van der Waals surface area contributed by atoms with Gasteiger partial charge in [0, 0.05) is 25.4 Å². The average molecular weight is 256 g/mol. The number of rotatable bonds is 2. The van der Waals surface area contributed by atoms with Gasteiger partial charge in [-0.1, -0.05) is 6.07 Å². The number of aromatic amines is 1. The van der Waals surface area contributed by atoms with E-state index >= 15 is 0 Å². The summed E-state index contributed by atoms with van der Waals surface area (Å²) in [6.45, 7) is 0.485.